The molecule has 1 amide bonds. The highest BCUT2D eigenvalue weighted by Crippen LogP contribution is 2.38. The fraction of sp³-hybridized carbons (Fsp3) is 0.207. The van der Waals surface area contributed by atoms with Crippen molar-refractivity contribution in [1.29, 1.82) is 5.26 Å². The zero-order chi connectivity index (χ0) is 28.4. The maximum absolute atomic E-state index is 13.8. The molecule has 0 atom stereocenters. The smallest absolute Gasteiger partial charge is 0.333 e. The Morgan fingerprint density at radius 3 is 2.62 bits per heavy atom. The normalized spacial score (nSPS) is 13.9. The molecule has 0 radical (unpaired) electrons. The van der Waals surface area contributed by atoms with Crippen LogP contribution >= 0.6 is 23.2 Å². The molecule has 0 saturated heterocycles. The SMILES string of the molecule is N#Cc1cc2c3c(n(C(=O)NCc4ccnc(Cl)c4)c2cc1C(F)(F)F)CCN(C/C=C/c1ccc(Cl)cc1)C3. The summed E-state index contributed by atoms with van der Waals surface area (Å²) >= 11 is 11.9. The highest BCUT2D eigenvalue weighted by atomic mass is 35.5. The maximum atomic E-state index is 13.8. The van der Waals surface area contributed by atoms with E-state index in [4.69, 9.17) is 23.2 Å². The van der Waals surface area contributed by atoms with Crippen LogP contribution < -0.4 is 5.32 Å². The third kappa shape index (κ3) is 5.85. The fourth-order valence-corrected chi connectivity index (χ4v) is 5.21. The van der Waals surface area contributed by atoms with Gasteiger partial charge in [-0.15, -0.1) is 0 Å². The first-order valence-corrected chi connectivity index (χ1v) is 13.1. The van der Waals surface area contributed by atoms with E-state index >= 15 is 0 Å². The van der Waals surface area contributed by atoms with Crippen molar-refractivity contribution in [3.63, 3.8) is 0 Å². The number of halogens is 5. The number of carbonyl (C=O) groups excluding carboxylic acids is 1. The van der Waals surface area contributed by atoms with Crippen LogP contribution in [-0.4, -0.2) is 33.6 Å². The van der Waals surface area contributed by atoms with Gasteiger partial charge in [0.2, 0.25) is 0 Å². The van der Waals surface area contributed by atoms with Crippen molar-refractivity contribution < 1.29 is 18.0 Å². The monoisotopic (exact) mass is 583 g/mol. The Balaban J connectivity index is 1.49. The van der Waals surface area contributed by atoms with Crippen molar-refractivity contribution in [3.8, 4) is 6.07 Å². The topological polar surface area (TPSA) is 74.0 Å². The molecule has 11 heteroatoms. The third-order valence-electron chi connectivity index (χ3n) is 6.77. The number of pyridine rings is 1. The van der Waals surface area contributed by atoms with Gasteiger partial charge in [0.1, 0.15) is 5.15 Å². The Kier molecular flexibility index (Phi) is 7.86. The highest BCUT2D eigenvalue weighted by molar-refractivity contribution is 6.30. The van der Waals surface area contributed by atoms with Gasteiger partial charge in [-0.1, -0.05) is 47.5 Å². The number of hydrogen-bond acceptors (Lipinski definition) is 4. The van der Waals surface area contributed by atoms with E-state index in [0.29, 0.717) is 47.7 Å². The molecule has 1 aliphatic heterocycles. The standard InChI is InChI=1S/C29H22Cl2F3N5O/c30-21-5-3-18(4-6-21)2-1-10-38-11-8-25-23(17-38)22-13-20(15-35)24(29(32,33)34)14-26(22)39(25)28(40)37-16-19-7-9-36-27(31)12-19/h1-7,9,12-14H,8,10-11,16-17H2,(H,37,40)/b2-1+. The Morgan fingerprint density at radius 1 is 1.15 bits per heavy atom. The van der Waals surface area contributed by atoms with Crippen LogP contribution in [-0.2, 0) is 25.7 Å². The number of benzene rings is 2. The van der Waals surface area contributed by atoms with Gasteiger partial charge in [0.15, 0.2) is 0 Å². The average molecular weight is 584 g/mol. The van der Waals surface area contributed by atoms with Gasteiger partial charge in [-0.25, -0.2) is 9.78 Å². The van der Waals surface area contributed by atoms with Gasteiger partial charge in [-0.3, -0.25) is 9.47 Å². The Bertz CT molecular complexity index is 1660. The summed E-state index contributed by atoms with van der Waals surface area (Å²) in [7, 11) is 0. The second-order valence-corrected chi connectivity index (χ2v) is 10.2. The Labute approximate surface area is 238 Å². The number of carbonyl (C=O) groups is 1. The molecule has 0 aliphatic carbocycles. The van der Waals surface area contributed by atoms with Gasteiger partial charge < -0.3 is 5.32 Å². The molecule has 0 bridgehead atoms. The third-order valence-corrected chi connectivity index (χ3v) is 7.23. The summed E-state index contributed by atoms with van der Waals surface area (Å²) in [5, 5.41) is 13.7. The lowest BCUT2D eigenvalue weighted by Crippen LogP contribution is -2.34. The molecular formula is C29H22Cl2F3N5O. The molecule has 2 aromatic heterocycles. The molecule has 3 heterocycles. The number of fused-ring (bicyclic) bond motifs is 3. The van der Waals surface area contributed by atoms with E-state index in [0.717, 1.165) is 17.2 Å². The van der Waals surface area contributed by atoms with Crippen molar-refractivity contribution in [3.05, 3.63) is 104 Å². The molecule has 0 spiro atoms. The van der Waals surface area contributed by atoms with Crippen molar-refractivity contribution in [2.45, 2.75) is 25.7 Å². The zero-order valence-electron chi connectivity index (χ0n) is 21.0. The molecule has 6 nitrogen and oxygen atoms in total. The van der Waals surface area contributed by atoms with Crippen LogP contribution in [0.25, 0.3) is 17.0 Å². The molecule has 1 aliphatic rings. The second kappa shape index (κ2) is 11.3. The summed E-state index contributed by atoms with van der Waals surface area (Å²) in [4.78, 5) is 19.5. The first kappa shape index (κ1) is 27.7. The molecule has 204 valence electrons. The molecule has 4 aromatic rings. The number of rotatable bonds is 5. The lowest BCUT2D eigenvalue weighted by Gasteiger charge is -2.27. The quantitative estimate of drug-likeness (QED) is 0.255. The fourth-order valence-electron chi connectivity index (χ4n) is 4.89. The van der Waals surface area contributed by atoms with E-state index in [2.05, 4.69) is 15.2 Å². The van der Waals surface area contributed by atoms with Crippen molar-refractivity contribution in [1.82, 2.24) is 19.8 Å². The minimum Gasteiger partial charge on any atom is -0.333 e. The molecule has 2 aromatic carbocycles. The van der Waals surface area contributed by atoms with Crippen LogP contribution in [0, 0.1) is 11.3 Å². The van der Waals surface area contributed by atoms with E-state index in [1.807, 2.05) is 24.3 Å². The van der Waals surface area contributed by atoms with E-state index < -0.39 is 23.3 Å². The van der Waals surface area contributed by atoms with Gasteiger partial charge in [-0.05, 0) is 53.1 Å². The van der Waals surface area contributed by atoms with E-state index in [1.165, 1.54) is 16.8 Å². The van der Waals surface area contributed by atoms with Crippen molar-refractivity contribution >= 4 is 46.2 Å². The summed E-state index contributed by atoms with van der Waals surface area (Å²) in [6, 6.07) is 14.0. The van der Waals surface area contributed by atoms with Crippen LogP contribution in [0.3, 0.4) is 0 Å². The van der Waals surface area contributed by atoms with E-state index in [1.54, 1.807) is 30.3 Å². The van der Waals surface area contributed by atoms with Gasteiger partial charge in [0.05, 0.1) is 22.7 Å². The highest BCUT2D eigenvalue weighted by Gasteiger charge is 2.36. The predicted octanol–water partition coefficient (Wildman–Crippen LogP) is 7.06. The molecule has 0 fully saturated rings. The lowest BCUT2D eigenvalue weighted by molar-refractivity contribution is -0.137. The van der Waals surface area contributed by atoms with Gasteiger partial charge >= 0.3 is 12.2 Å². The molecule has 5 rings (SSSR count). The zero-order valence-corrected chi connectivity index (χ0v) is 22.5. The Hall–Kier alpha value is -3.84. The van der Waals surface area contributed by atoms with Crippen LogP contribution in [0.1, 0.15) is 33.5 Å². The lowest BCUT2D eigenvalue weighted by atomic mass is 10.00. The van der Waals surface area contributed by atoms with Crippen molar-refractivity contribution in [2.24, 2.45) is 0 Å². The van der Waals surface area contributed by atoms with Crippen LogP contribution in [0.2, 0.25) is 10.2 Å². The van der Waals surface area contributed by atoms with E-state index in [9.17, 15) is 23.2 Å². The van der Waals surface area contributed by atoms with Crippen LogP contribution in [0.15, 0.2) is 60.8 Å². The van der Waals surface area contributed by atoms with Crippen molar-refractivity contribution in [2.75, 3.05) is 13.1 Å². The molecule has 1 N–H and O–H groups in total. The van der Waals surface area contributed by atoms with Gasteiger partial charge in [0, 0.05) is 54.9 Å². The minimum absolute atomic E-state index is 0.111. The van der Waals surface area contributed by atoms with Gasteiger partial charge in [0.25, 0.3) is 0 Å². The summed E-state index contributed by atoms with van der Waals surface area (Å²) < 4.78 is 42.9. The molecule has 0 unspecified atom stereocenters. The summed E-state index contributed by atoms with van der Waals surface area (Å²) in [5.74, 6) is 0. The Morgan fingerprint density at radius 2 is 1.93 bits per heavy atom. The molecule has 40 heavy (non-hydrogen) atoms. The summed E-state index contributed by atoms with van der Waals surface area (Å²) in [6.45, 7) is 1.71. The maximum Gasteiger partial charge on any atom is 0.417 e. The number of aromatic nitrogens is 2. The van der Waals surface area contributed by atoms with E-state index in [-0.39, 0.29) is 17.2 Å². The molecule has 0 saturated carbocycles. The number of nitriles is 1. The van der Waals surface area contributed by atoms with Crippen LogP contribution in [0.5, 0.6) is 0 Å². The second-order valence-electron chi connectivity index (χ2n) is 9.37. The first-order valence-electron chi connectivity index (χ1n) is 12.3. The summed E-state index contributed by atoms with van der Waals surface area (Å²) in [5.41, 5.74) is 1.60. The molecular weight excluding hydrogens is 562 g/mol. The van der Waals surface area contributed by atoms with Crippen LogP contribution in [0.4, 0.5) is 18.0 Å². The minimum atomic E-state index is -4.75. The number of amides is 1. The summed E-state index contributed by atoms with van der Waals surface area (Å²) in [6.07, 6.45) is 1.17. The number of nitrogens with zero attached hydrogens (tertiary/aromatic N) is 4. The number of hydrogen-bond donors (Lipinski definition) is 1. The number of alkyl halides is 3. The number of nitrogens with one attached hydrogen (secondary N) is 1. The largest absolute Gasteiger partial charge is 0.417 e. The first-order chi connectivity index (χ1) is 19.1. The predicted molar refractivity (Wildman–Crippen MR) is 148 cm³/mol. The average Bonchev–Trinajstić information content (AvgIpc) is 3.24. The van der Waals surface area contributed by atoms with Gasteiger partial charge in [-0.2, -0.15) is 18.4 Å².